The number of aryl methyl sites for hydroxylation is 5. The van der Waals surface area contributed by atoms with Gasteiger partial charge in [-0.1, -0.05) is 22.9 Å². The van der Waals surface area contributed by atoms with Crippen LogP contribution in [0, 0.1) is 34.6 Å². The average molecular weight is 323 g/mol. The van der Waals surface area contributed by atoms with E-state index in [1.165, 1.54) is 6.08 Å². The fourth-order valence-electron chi connectivity index (χ4n) is 3.64. The van der Waals surface area contributed by atoms with Crippen molar-refractivity contribution < 1.29 is 14.1 Å². The zero-order chi connectivity index (χ0) is 17.6. The molecule has 0 amide bonds. The van der Waals surface area contributed by atoms with E-state index in [-0.39, 0.29) is 11.6 Å². The molecule has 4 heteroatoms. The lowest BCUT2D eigenvalue weighted by Crippen LogP contribution is -2.18. The molecule has 0 bridgehead atoms. The van der Waals surface area contributed by atoms with Crippen LogP contribution in [0.5, 0.6) is 0 Å². The molecule has 1 aromatic heterocycles. The van der Waals surface area contributed by atoms with Gasteiger partial charge in [0.1, 0.15) is 11.7 Å². The normalized spacial score (nSPS) is 17.5. The summed E-state index contributed by atoms with van der Waals surface area (Å²) in [6.07, 6.45) is 1.89. The molecule has 1 aromatic carbocycles. The molecule has 0 spiro atoms. The van der Waals surface area contributed by atoms with E-state index in [9.17, 15) is 9.59 Å². The predicted octanol–water partition coefficient (Wildman–Crippen LogP) is 3.62. The van der Waals surface area contributed by atoms with Gasteiger partial charge in [-0.15, -0.1) is 0 Å². The molecule has 2 aromatic rings. The van der Waals surface area contributed by atoms with Crippen LogP contribution in [0.3, 0.4) is 0 Å². The van der Waals surface area contributed by atoms with Gasteiger partial charge in [0.2, 0.25) is 0 Å². The molecule has 0 N–H and O–H groups in total. The van der Waals surface area contributed by atoms with Crippen LogP contribution in [0.2, 0.25) is 0 Å². The SMILES string of the molecule is Cc1cc(C)c(C2C(=O)C=C(Cc3c(C)noc3C)C2=O)c(C)c1. The Balaban J connectivity index is 1.96. The van der Waals surface area contributed by atoms with Gasteiger partial charge in [-0.2, -0.15) is 0 Å². The highest BCUT2D eigenvalue weighted by Gasteiger charge is 2.37. The van der Waals surface area contributed by atoms with Crippen LogP contribution in [0.25, 0.3) is 0 Å². The number of aromatic nitrogens is 1. The molecular formula is C20H21NO3. The molecule has 0 fully saturated rings. The number of nitrogens with zero attached hydrogens (tertiary/aromatic N) is 1. The highest BCUT2D eigenvalue weighted by atomic mass is 16.5. The topological polar surface area (TPSA) is 60.2 Å². The van der Waals surface area contributed by atoms with Gasteiger partial charge >= 0.3 is 0 Å². The third-order valence-corrected chi connectivity index (χ3v) is 4.75. The van der Waals surface area contributed by atoms with E-state index in [4.69, 9.17) is 4.52 Å². The maximum absolute atomic E-state index is 12.9. The number of allylic oxidation sites excluding steroid dienone is 2. The van der Waals surface area contributed by atoms with Gasteiger partial charge in [-0.25, -0.2) is 0 Å². The molecule has 1 heterocycles. The summed E-state index contributed by atoms with van der Waals surface area (Å²) in [6, 6.07) is 4.05. The molecule has 24 heavy (non-hydrogen) atoms. The van der Waals surface area contributed by atoms with Crippen molar-refractivity contribution in [1.82, 2.24) is 5.16 Å². The van der Waals surface area contributed by atoms with E-state index < -0.39 is 5.92 Å². The Labute approximate surface area is 141 Å². The third kappa shape index (κ3) is 2.62. The Hall–Kier alpha value is -2.49. The van der Waals surface area contributed by atoms with E-state index in [0.717, 1.165) is 33.5 Å². The summed E-state index contributed by atoms with van der Waals surface area (Å²) in [6.45, 7) is 9.61. The van der Waals surface area contributed by atoms with Crippen molar-refractivity contribution in [2.45, 2.75) is 47.0 Å². The van der Waals surface area contributed by atoms with E-state index in [1.807, 2.05) is 46.8 Å². The first kappa shape index (κ1) is 16.4. The van der Waals surface area contributed by atoms with E-state index in [2.05, 4.69) is 5.16 Å². The molecule has 3 rings (SSSR count). The monoisotopic (exact) mass is 323 g/mol. The lowest BCUT2D eigenvalue weighted by molar-refractivity contribution is -0.122. The van der Waals surface area contributed by atoms with Crippen molar-refractivity contribution in [2.75, 3.05) is 0 Å². The molecule has 4 nitrogen and oxygen atoms in total. The highest BCUT2D eigenvalue weighted by Crippen LogP contribution is 2.34. The minimum atomic E-state index is -0.707. The van der Waals surface area contributed by atoms with Crippen LogP contribution in [0.4, 0.5) is 0 Å². The number of rotatable bonds is 3. The van der Waals surface area contributed by atoms with Gasteiger partial charge in [0.25, 0.3) is 0 Å². The van der Waals surface area contributed by atoms with Crippen molar-refractivity contribution in [1.29, 1.82) is 0 Å². The van der Waals surface area contributed by atoms with Crippen LogP contribution in [-0.2, 0) is 16.0 Å². The summed E-state index contributed by atoms with van der Waals surface area (Å²) >= 11 is 0. The van der Waals surface area contributed by atoms with E-state index >= 15 is 0 Å². The van der Waals surface area contributed by atoms with Crippen molar-refractivity contribution in [3.05, 3.63) is 63.1 Å². The van der Waals surface area contributed by atoms with Gasteiger partial charge in [-0.05, 0) is 57.4 Å². The summed E-state index contributed by atoms with van der Waals surface area (Å²) in [5, 5.41) is 3.92. The first-order valence-electron chi connectivity index (χ1n) is 8.07. The second-order valence-corrected chi connectivity index (χ2v) is 6.66. The minimum Gasteiger partial charge on any atom is -0.361 e. The molecule has 0 radical (unpaired) electrons. The van der Waals surface area contributed by atoms with Gasteiger partial charge in [0, 0.05) is 17.6 Å². The number of carbonyl (C=O) groups is 2. The second-order valence-electron chi connectivity index (χ2n) is 6.66. The average Bonchev–Trinajstić information content (AvgIpc) is 2.94. The maximum Gasteiger partial charge on any atom is 0.174 e. The van der Waals surface area contributed by atoms with Crippen LogP contribution >= 0.6 is 0 Å². The van der Waals surface area contributed by atoms with Gasteiger partial charge in [-0.3, -0.25) is 9.59 Å². The van der Waals surface area contributed by atoms with Gasteiger partial charge in [0.15, 0.2) is 11.6 Å². The molecule has 0 saturated carbocycles. The Morgan fingerprint density at radius 1 is 1.04 bits per heavy atom. The summed E-state index contributed by atoms with van der Waals surface area (Å²) in [5.74, 6) is -0.243. The minimum absolute atomic E-state index is 0.102. The number of Topliss-reactive ketones (excluding diaryl/α,β-unsaturated/α-hetero) is 1. The van der Waals surface area contributed by atoms with Crippen LogP contribution in [0.1, 0.15) is 45.2 Å². The molecule has 0 aliphatic heterocycles. The maximum atomic E-state index is 12.9. The Morgan fingerprint density at radius 2 is 1.67 bits per heavy atom. The Bertz CT molecular complexity index is 844. The van der Waals surface area contributed by atoms with Crippen LogP contribution in [0.15, 0.2) is 28.3 Å². The standard InChI is InChI=1S/C20H21NO3/c1-10-6-11(2)18(12(3)7-10)19-17(22)9-15(20(19)23)8-16-13(4)21-24-14(16)5/h6-7,9,19H,8H2,1-5H3. The molecule has 1 unspecified atom stereocenters. The van der Waals surface area contributed by atoms with Crippen molar-refractivity contribution in [3.63, 3.8) is 0 Å². The van der Waals surface area contributed by atoms with Crippen molar-refractivity contribution >= 4 is 11.6 Å². The molecule has 0 saturated heterocycles. The predicted molar refractivity (Wildman–Crippen MR) is 91.2 cm³/mol. The zero-order valence-corrected chi connectivity index (χ0v) is 14.7. The number of hydrogen-bond donors (Lipinski definition) is 0. The highest BCUT2D eigenvalue weighted by molar-refractivity contribution is 6.25. The fourth-order valence-corrected chi connectivity index (χ4v) is 3.64. The largest absolute Gasteiger partial charge is 0.361 e. The number of benzene rings is 1. The molecule has 1 aliphatic carbocycles. The molecule has 124 valence electrons. The first-order chi connectivity index (χ1) is 11.3. The van der Waals surface area contributed by atoms with Gasteiger partial charge in [0.05, 0.1) is 5.69 Å². The lowest BCUT2D eigenvalue weighted by atomic mass is 9.85. The summed E-state index contributed by atoms with van der Waals surface area (Å²) in [4.78, 5) is 25.5. The second kappa shape index (κ2) is 5.86. The van der Waals surface area contributed by atoms with Crippen molar-refractivity contribution in [2.24, 2.45) is 0 Å². The zero-order valence-electron chi connectivity index (χ0n) is 14.7. The Kier molecular flexibility index (Phi) is 3.99. The molecule has 1 atom stereocenters. The van der Waals surface area contributed by atoms with Crippen molar-refractivity contribution in [3.8, 4) is 0 Å². The fraction of sp³-hybridized carbons (Fsp3) is 0.350. The van der Waals surface area contributed by atoms with Gasteiger partial charge < -0.3 is 4.52 Å². The quantitative estimate of drug-likeness (QED) is 0.809. The van der Waals surface area contributed by atoms with E-state index in [0.29, 0.717) is 17.8 Å². The van der Waals surface area contributed by atoms with Crippen LogP contribution < -0.4 is 0 Å². The summed E-state index contributed by atoms with van der Waals surface area (Å²) < 4.78 is 5.16. The number of ketones is 2. The van der Waals surface area contributed by atoms with E-state index in [1.54, 1.807) is 0 Å². The lowest BCUT2D eigenvalue weighted by Gasteiger charge is -2.16. The third-order valence-electron chi connectivity index (χ3n) is 4.75. The Morgan fingerprint density at radius 3 is 2.21 bits per heavy atom. The van der Waals surface area contributed by atoms with Crippen LogP contribution in [-0.4, -0.2) is 16.7 Å². The smallest absolute Gasteiger partial charge is 0.174 e. The summed E-state index contributed by atoms with van der Waals surface area (Å²) in [5.41, 5.74) is 6.16. The molecule has 1 aliphatic rings. The first-order valence-corrected chi connectivity index (χ1v) is 8.07. The number of carbonyl (C=O) groups excluding carboxylic acids is 2. The summed E-state index contributed by atoms with van der Waals surface area (Å²) in [7, 11) is 0. The molecular weight excluding hydrogens is 302 g/mol. The number of hydrogen-bond acceptors (Lipinski definition) is 4.